The number of piperazine rings is 2. The SMILES string of the molecule is CC(C)(O)c1ccc(-c2nc3c(-c4ccc(OC5CCOCC5)c(C#N)c4)nccc3[nH]2)cc1.CN1CCN(c2ccc(C3=Nc4c(ncnc4-c4ccc(OC5CCN(C(=O)CO)CC5)c(C#N)c4)C3)cc2)CC1.N#Cc1cc(-c2nccc3[nH]c(-c4ccc(N5CCN(C6COC6)CC5)cc4)nc23)ccc1OC1CCOCC1. The largest absolute Gasteiger partial charge is 0.489 e. The number of hydrogen-bond donors (Lipinski definition) is 4. The van der Waals surface area contributed by atoms with E-state index in [2.05, 4.69) is 123 Å². The molecule has 6 fully saturated rings. The number of nitrogens with one attached hydrogen (secondary N) is 2. The number of likely N-dealkylation sites (tertiary alicyclic amines) is 1. The first-order valence-electron chi connectivity index (χ1n) is 39.5. The Hall–Kier alpha value is -12.0. The zero-order valence-corrected chi connectivity index (χ0v) is 64.8. The lowest BCUT2D eigenvalue weighted by Crippen LogP contribution is -2.56. The fourth-order valence-corrected chi connectivity index (χ4v) is 15.6. The van der Waals surface area contributed by atoms with Crippen LogP contribution in [0.1, 0.15) is 85.9 Å². The number of aliphatic hydroxyl groups excluding tert-OH is 1. The van der Waals surface area contributed by atoms with Crippen molar-refractivity contribution in [1.29, 1.82) is 15.8 Å². The number of aromatic amines is 2. The maximum Gasteiger partial charge on any atom is 0.248 e. The van der Waals surface area contributed by atoms with Gasteiger partial charge in [0.1, 0.15) is 95.1 Å². The third-order valence-corrected chi connectivity index (χ3v) is 22.4. The molecule has 26 heteroatoms. The van der Waals surface area contributed by atoms with Crippen molar-refractivity contribution in [3.05, 3.63) is 192 Å². The summed E-state index contributed by atoms with van der Waals surface area (Å²) in [5.41, 5.74) is 17.2. The number of hydrogen-bond acceptors (Lipinski definition) is 23. The number of H-pyrrole nitrogens is 2. The molecule has 115 heavy (non-hydrogen) atoms. The maximum atomic E-state index is 11.7. The van der Waals surface area contributed by atoms with E-state index in [9.17, 15) is 25.7 Å². The number of aliphatic imine (C=N–C) groups is 1. The molecule has 0 spiro atoms. The number of ether oxygens (including phenoxy) is 6. The summed E-state index contributed by atoms with van der Waals surface area (Å²) in [6.07, 6.45) is 10.3. The highest BCUT2D eigenvalue weighted by atomic mass is 16.5. The monoisotopic (exact) mass is 1540 g/mol. The molecule has 18 rings (SSSR count). The molecule has 0 atom stereocenters. The number of rotatable bonds is 17. The predicted octanol–water partition coefficient (Wildman–Crippen LogP) is 12.0. The maximum absolute atomic E-state index is 11.7. The second-order valence-electron chi connectivity index (χ2n) is 30.5. The van der Waals surface area contributed by atoms with Crippen molar-refractivity contribution in [3.63, 3.8) is 0 Å². The van der Waals surface area contributed by atoms with Gasteiger partial charge in [0.2, 0.25) is 5.91 Å². The van der Waals surface area contributed by atoms with Gasteiger partial charge in [-0.2, -0.15) is 15.8 Å². The zero-order chi connectivity index (χ0) is 78.9. The number of fused-ring (bicyclic) bond motifs is 3. The Bertz CT molecular complexity index is 5450. The minimum atomic E-state index is -0.900. The van der Waals surface area contributed by atoms with Gasteiger partial charge < -0.3 is 68.2 Å². The van der Waals surface area contributed by atoms with Crippen LogP contribution < -0.4 is 24.0 Å². The molecule has 7 aliphatic rings. The summed E-state index contributed by atoms with van der Waals surface area (Å²) >= 11 is 0. The molecular formula is C89H91N17O9. The molecule has 0 radical (unpaired) electrons. The molecule has 5 aromatic heterocycles. The summed E-state index contributed by atoms with van der Waals surface area (Å²) in [5, 5.41) is 48.8. The average Bonchev–Trinajstić information content (AvgIpc) is 1.65. The van der Waals surface area contributed by atoms with Crippen molar-refractivity contribution in [2.24, 2.45) is 4.99 Å². The molecule has 7 aliphatic heterocycles. The highest BCUT2D eigenvalue weighted by molar-refractivity contribution is 6.07. The van der Waals surface area contributed by atoms with Crippen LogP contribution in [0.15, 0.2) is 163 Å². The van der Waals surface area contributed by atoms with Crippen molar-refractivity contribution >= 4 is 50.7 Å². The quantitative estimate of drug-likeness (QED) is 0.0658. The van der Waals surface area contributed by atoms with E-state index in [1.165, 1.54) is 11.4 Å². The van der Waals surface area contributed by atoms with Crippen molar-refractivity contribution in [3.8, 4) is 92.0 Å². The van der Waals surface area contributed by atoms with Crippen LogP contribution in [0.3, 0.4) is 0 Å². The Balaban J connectivity index is 0.000000130. The Morgan fingerprint density at radius 2 is 0.965 bits per heavy atom. The summed E-state index contributed by atoms with van der Waals surface area (Å²) in [7, 11) is 2.16. The Morgan fingerprint density at radius 3 is 1.42 bits per heavy atom. The highest BCUT2D eigenvalue weighted by Crippen LogP contribution is 2.40. The summed E-state index contributed by atoms with van der Waals surface area (Å²) in [6, 6.07) is 52.9. The van der Waals surface area contributed by atoms with Gasteiger partial charge in [-0.25, -0.2) is 24.9 Å². The first kappa shape index (κ1) is 76.9. The fourth-order valence-electron chi connectivity index (χ4n) is 15.6. The molecule has 6 saturated heterocycles. The van der Waals surface area contributed by atoms with Crippen molar-refractivity contribution < 1.29 is 43.4 Å². The second kappa shape index (κ2) is 34.7. The van der Waals surface area contributed by atoms with E-state index in [0.717, 1.165) is 181 Å². The lowest BCUT2D eigenvalue weighted by atomic mass is 9.97. The van der Waals surface area contributed by atoms with Crippen LogP contribution in [0.25, 0.3) is 78.6 Å². The summed E-state index contributed by atoms with van der Waals surface area (Å²) in [5.74, 6) is 2.94. The van der Waals surface area contributed by atoms with E-state index >= 15 is 0 Å². The number of aliphatic hydroxyl groups is 2. The van der Waals surface area contributed by atoms with Crippen molar-refractivity contribution in [2.75, 3.05) is 129 Å². The number of nitriles is 3. The predicted molar refractivity (Wildman–Crippen MR) is 437 cm³/mol. The molecule has 586 valence electrons. The molecule has 0 aliphatic carbocycles. The van der Waals surface area contributed by atoms with Crippen LogP contribution in [0, 0.1) is 34.0 Å². The van der Waals surface area contributed by atoms with Gasteiger partial charge in [-0.05, 0) is 135 Å². The van der Waals surface area contributed by atoms with Gasteiger partial charge in [-0.15, -0.1) is 0 Å². The molecule has 6 aromatic carbocycles. The van der Waals surface area contributed by atoms with Crippen molar-refractivity contribution in [2.45, 2.75) is 88.7 Å². The van der Waals surface area contributed by atoms with E-state index < -0.39 is 12.2 Å². The Labute approximate surface area is 667 Å². The van der Waals surface area contributed by atoms with E-state index in [1.54, 1.807) is 43.5 Å². The topological polar surface area (TPSA) is 322 Å². The number of piperidine rings is 1. The van der Waals surface area contributed by atoms with Gasteiger partial charge >= 0.3 is 0 Å². The lowest BCUT2D eigenvalue weighted by molar-refractivity contribution is -0.135. The van der Waals surface area contributed by atoms with Crippen molar-refractivity contribution in [1.82, 2.24) is 54.6 Å². The third kappa shape index (κ3) is 17.6. The number of anilines is 2. The average molecular weight is 1540 g/mol. The number of carbonyl (C=O) groups is 1. The number of aromatic nitrogens is 8. The minimum absolute atomic E-state index is 0.0601. The number of carbonyl (C=O) groups excluding carboxylic acids is 1. The number of pyridine rings is 2. The van der Waals surface area contributed by atoms with Gasteiger partial charge in [-0.3, -0.25) is 19.7 Å². The molecule has 26 nitrogen and oxygen atoms in total. The number of likely N-dealkylation sites (N-methyl/N-ethyl adjacent to an activating group) is 1. The zero-order valence-electron chi connectivity index (χ0n) is 64.8. The van der Waals surface area contributed by atoms with Gasteiger partial charge in [0, 0.05) is 162 Å². The molecule has 11 aromatic rings. The number of imidazole rings is 2. The molecule has 12 heterocycles. The van der Waals surface area contributed by atoms with Crippen LogP contribution >= 0.6 is 0 Å². The molecule has 1 amide bonds. The first-order chi connectivity index (χ1) is 56.2. The van der Waals surface area contributed by atoms with E-state index in [-0.39, 0.29) is 24.2 Å². The van der Waals surface area contributed by atoms with Gasteiger partial charge in [-0.1, -0.05) is 36.4 Å². The second-order valence-corrected chi connectivity index (χ2v) is 30.5. The third-order valence-electron chi connectivity index (χ3n) is 22.4. The number of benzene rings is 6. The van der Waals surface area contributed by atoms with Gasteiger partial charge in [0.05, 0.1) is 107 Å². The summed E-state index contributed by atoms with van der Waals surface area (Å²) in [6.45, 7) is 17.0. The van der Waals surface area contributed by atoms with Crippen LogP contribution in [-0.2, 0) is 31.0 Å². The number of amides is 1. The minimum Gasteiger partial charge on any atom is -0.489 e. The molecule has 4 N–H and O–H groups in total. The molecule has 0 saturated carbocycles. The van der Waals surface area contributed by atoms with E-state index in [1.807, 2.05) is 84.9 Å². The number of nitrogens with zero attached hydrogens (tertiary/aromatic N) is 15. The lowest BCUT2D eigenvalue weighted by Gasteiger charge is -2.43. The van der Waals surface area contributed by atoms with Gasteiger partial charge in [0.25, 0.3) is 0 Å². The van der Waals surface area contributed by atoms with E-state index in [0.29, 0.717) is 116 Å². The Kier molecular flexibility index (Phi) is 23.2. The molecule has 0 unspecified atom stereocenters. The Morgan fingerprint density at radius 1 is 0.522 bits per heavy atom. The van der Waals surface area contributed by atoms with Gasteiger partial charge in [0.15, 0.2) is 0 Å². The van der Waals surface area contributed by atoms with Crippen LogP contribution in [0.2, 0.25) is 0 Å². The summed E-state index contributed by atoms with van der Waals surface area (Å²) < 4.78 is 34.6. The molecule has 0 bridgehead atoms. The highest BCUT2D eigenvalue weighted by Gasteiger charge is 2.31. The fraction of sp³-hybridized carbons (Fsp3) is 0.360. The smallest absolute Gasteiger partial charge is 0.248 e. The molecular weight excluding hydrogens is 1450 g/mol. The van der Waals surface area contributed by atoms with Crippen LogP contribution in [0.5, 0.6) is 17.2 Å². The standard InChI is InChI=1S/C31H33N7O3.C31H32N6O3.C27H26N4O3/c1-36-12-14-37(15-13-36)24-5-2-21(3-6-24)26-17-27-31(35-26)30(34-20-33-27)22-4-7-28(23(16-22)18-32)41-25-8-10-38(11-9-25)29(40)19-39;32-18-23-17-22(3-6-28(23)40-26-8-15-38-16-9-26)29-30-27(7-10-33-29)34-31(35-30)21-1-4-24(5-2-21)36-11-13-37(14-12-36)25-19-39-20-25;1-27(2,32)20-6-3-17(4-7-20)26-30-22-9-12-29-24(25(22)31-26)18-5-8-23(19(15-18)16-28)34-21-10-13-33-14-11-21/h2-7,16,20,25,39H,8-15,17,19H2,1H3;1-7,10,17,25-26H,8-9,11-16,19-20H2,(H,34,35);3-9,12,15,21,32H,10-11,13-14H2,1-2H3,(H,30,31). The first-order valence-corrected chi connectivity index (χ1v) is 39.5. The van der Waals surface area contributed by atoms with Crippen LogP contribution in [0.4, 0.5) is 17.1 Å². The summed E-state index contributed by atoms with van der Waals surface area (Å²) in [4.78, 5) is 62.9. The van der Waals surface area contributed by atoms with E-state index in [4.69, 9.17) is 48.5 Å². The van der Waals surface area contributed by atoms with Crippen LogP contribution in [-0.4, -0.2) is 220 Å². The normalized spacial score (nSPS) is 17.2.